The number of hydrogen-bond acceptors (Lipinski definition) is 3. The number of carbonyl (C=O) groups excluding carboxylic acids is 1. The van der Waals surface area contributed by atoms with E-state index in [0.717, 1.165) is 11.3 Å². The third-order valence-electron chi connectivity index (χ3n) is 2.49. The largest absolute Gasteiger partial charge is 0.497 e. The molecule has 0 saturated carbocycles. The SMILES string of the molecule is COc1ccc(C(=O)C2NC2C)cc1. The zero-order valence-electron chi connectivity index (χ0n) is 8.28. The first-order valence-corrected chi connectivity index (χ1v) is 4.66. The molecule has 0 spiro atoms. The number of ether oxygens (including phenoxy) is 1. The van der Waals surface area contributed by atoms with Gasteiger partial charge in [-0.05, 0) is 31.2 Å². The van der Waals surface area contributed by atoms with E-state index in [1.165, 1.54) is 0 Å². The van der Waals surface area contributed by atoms with Crippen LogP contribution in [0.4, 0.5) is 0 Å². The van der Waals surface area contributed by atoms with E-state index in [9.17, 15) is 4.79 Å². The number of carbonyl (C=O) groups is 1. The third kappa shape index (κ3) is 1.63. The first kappa shape index (κ1) is 9.21. The van der Waals surface area contributed by atoms with Gasteiger partial charge in [-0.3, -0.25) is 4.79 Å². The van der Waals surface area contributed by atoms with Gasteiger partial charge in [0.05, 0.1) is 13.2 Å². The van der Waals surface area contributed by atoms with Crippen LogP contribution in [0, 0.1) is 0 Å². The second kappa shape index (κ2) is 3.42. The van der Waals surface area contributed by atoms with Crippen LogP contribution in [-0.4, -0.2) is 25.0 Å². The van der Waals surface area contributed by atoms with Crippen LogP contribution in [0.25, 0.3) is 0 Å². The fraction of sp³-hybridized carbons (Fsp3) is 0.364. The minimum absolute atomic E-state index is 0.0170. The molecule has 2 unspecified atom stereocenters. The van der Waals surface area contributed by atoms with Crippen LogP contribution in [0.2, 0.25) is 0 Å². The molecule has 1 fully saturated rings. The summed E-state index contributed by atoms with van der Waals surface area (Å²) < 4.78 is 5.02. The molecule has 1 aromatic carbocycles. The van der Waals surface area contributed by atoms with E-state index >= 15 is 0 Å². The highest BCUT2D eigenvalue weighted by atomic mass is 16.5. The number of hydrogen-bond donors (Lipinski definition) is 1. The van der Waals surface area contributed by atoms with Gasteiger partial charge in [0.1, 0.15) is 5.75 Å². The van der Waals surface area contributed by atoms with Crippen LogP contribution in [0.1, 0.15) is 17.3 Å². The van der Waals surface area contributed by atoms with Gasteiger partial charge >= 0.3 is 0 Å². The Kier molecular flexibility index (Phi) is 2.25. The maximum Gasteiger partial charge on any atom is 0.181 e. The van der Waals surface area contributed by atoms with Crippen molar-refractivity contribution in [3.8, 4) is 5.75 Å². The highest BCUT2D eigenvalue weighted by molar-refractivity contribution is 6.02. The third-order valence-corrected chi connectivity index (χ3v) is 2.49. The van der Waals surface area contributed by atoms with Gasteiger partial charge in [-0.15, -0.1) is 0 Å². The Hall–Kier alpha value is -1.35. The van der Waals surface area contributed by atoms with Crippen molar-refractivity contribution < 1.29 is 9.53 Å². The van der Waals surface area contributed by atoms with Crippen LogP contribution in [0.15, 0.2) is 24.3 Å². The van der Waals surface area contributed by atoms with Gasteiger partial charge in [0.25, 0.3) is 0 Å². The van der Waals surface area contributed by atoms with Gasteiger partial charge in [-0.25, -0.2) is 0 Å². The molecule has 2 atom stereocenters. The van der Waals surface area contributed by atoms with Gasteiger partial charge in [-0.2, -0.15) is 0 Å². The van der Waals surface area contributed by atoms with Crippen molar-refractivity contribution in [1.29, 1.82) is 0 Å². The van der Waals surface area contributed by atoms with Crippen LogP contribution >= 0.6 is 0 Å². The van der Waals surface area contributed by atoms with Gasteiger partial charge in [0.15, 0.2) is 5.78 Å². The van der Waals surface area contributed by atoms with Crippen LogP contribution in [0.5, 0.6) is 5.75 Å². The monoisotopic (exact) mass is 191 g/mol. The molecule has 1 aromatic rings. The molecule has 74 valence electrons. The fourth-order valence-corrected chi connectivity index (χ4v) is 1.47. The van der Waals surface area contributed by atoms with E-state index in [0.29, 0.717) is 6.04 Å². The molecule has 1 heterocycles. The molecule has 3 nitrogen and oxygen atoms in total. The minimum atomic E-state index is 0.0170. The molecule has 1 aliphatic heterocycles. The van der Waals surface area contributed by atoms with Crippen LogP contribution < -0.4 is 10.1 Å². The molecular formula is C11H13NO2. The molecule has 3 heteroatoms. The van der Waals surface area contributed by atoms with Crippen LogP contribution in [0.3, 0.4) is 0 Å². The Morgan fingerprint density at radius 2 is 1.93 bits per heavy atom. The standard InChI is InChI=1S/C11H13NO2/c1-7-10(12-7)11(13)8-3-5-9(14-2)6-4-8/h3-7,10,12H,1-2H3. The zero-order valence-corrected chi connectivity index (χ0v) is 8.28. The second-order valence-electron chi connectivity index (χ2n) is 3.53. The maximum atomic E-state index is 11.7. The van der Waals surface area contributed by atoms with E-state index in [1.54, 1.807) is 31.4 Å². The lowest BCUT2D eigenvalue weighted by Crippen LogP contribution is -2.10. The van der Waals surface area contributed by atoms with Crippen molar-refractivity contribution in [2.45, 2.75) is 19.0 Å². The molecule has 0 amide bonds. The molecule has 1 N–H and O–H groups in total. The van der Waals surface area contributed by atoms with E-state index < -0.39 is 0 Å². The Balaban J connectivity index is 2.13. The number of nitrogens with one attached hydrogen (secondary N) is 1. The first-order valence-electron chi connectivity index (χ1n) is 4.66. The van der Waals surface area contributed by atoms with Crippen molar-refractivity contribution in [2.24, 2.45) is 0 Å². The average molecular weight is 191 g/mol. The number of rotatable bonds is 3. The fourth-order valence-electron chi connectivity index (χ4n) is 1.47. The topological polar surface area (TPSA) is 48.2 Å². The summed E-state index contributed by atoms with van der Waals surface area (Å²) in [5.74, 6) is 0.943. The predicted octanol–water partition coefficient (Wildman–Crippen LogP) is 1.24. The highest BCUT2D eigenvalue weighted by Gasteiger charge is 2.38. The summed E-state index contributed by atoms with van der Waals surface area (Å²) in [6.07, 6.45) is 0. The predicted molar refractivity (Wildman–Crippen MR) is 53.7 cm³/mol. The number of ketones is 1. The quantitative estimate of drug-likeness (QED) is 0.577. The van der Waals surface area contributed by atoms with Gasteiger partial charge < -0.3 is 10.1 Å². The van der Waals surface area contributed by atoms with E-state index in [1.807, 2.05) is 6.92 Å². The molecule has 2 rings (SSSR count). The van der Waals surface area contributed by atoms with E-state index in [-0.39, 0.29) is 11.8 Å². The van der Waals surface area contributed by atoms with Crippen molar-refractivity contribution >= 4 is 5.78 Å². The lowest BCUT2D eigenvalue weighted by molar-refractivity contribution is 0.0988. The summed E-state index contributed by atoms with van der Waals surface area (Å²) in [5, 5.41) is 3.08. The number of benzene rings is 1. The smallest absolute Gasteiger partial charge is 0.181 e. The summed E-state index contributed by atoms with van der Waals surface area (Å²) in [6.45, 7) is 2.01. The Labute approximate surface area is 83.1 Å². The Morgan fingerprint density at radius 3 is 2.36 bits per heavy atom. The molecule has 1 aliphatic rings. The van der Waals surface area contributed by atoms with Crippen molar-refractivity contribution in [3.05, 3.63) is 29.8 Å². The van der Waals surface area contributed by atoms with Gasteiger partial charge in [-0.1, -0.05) is 0 Å². The summed E-state index contributed by atoms with van der Waals surface area (Å²) in [6, 6.07) is 7.55. The van der Waals surface area contributed by atoms with E-state index in [4.69, 9.17) is 4.74 Å². The van der Waals surface area contributed by atoms with Crippen LogP contribution in [-0.2, 0) is 0 Å². The minimum Gasteiger partial charge on any atom is -0.497 e. The van der Waals surface area contributed by atoms with Crippen molar-refractivity contribution in [1.82, 2.24) is 5.32 Å². The molecule has 0 bridgehead atoms. The van der Waals surface area contributed by atoms with Gasteiger partial charge in [0, 0.05) is 11.6 Å². The zero-order chi connectivity index (χ0) is 10.1. The summed E-state index contributed by atoms with van der Waals surface area (Å²) in [7, 11) is 1.61. The Bertz CT molecular complexity index is 345. The lowest BCUT2D eigenvalue weighted by Gasteiger charge is -2.01. The van der Waals surface area contributed by atoms with Gasteiger partial charge in [0.2, 0.25) is 0 Å². The molecule has 0 aromatic heterocycles. The van der Waals surface area contributed by atoms with Crippen molar-refractivity contribution in [2.75, 3.05) is 7.11 Å². The number of methoxy groups -OCH3 is 1. The molecule has 1 saturated heterocycles. The summed E-state index contributed by atoms with van der Waals surface area (Å²) in [5.41, 5.74) is 0.743. The normalized spacial score (nSPS) is 24.4. The molecule has 0 aliphatic carbocycles. The highest BCUT2D eigenvalue weighted by Crippen LogP contribution is 2.18. The molecule has 14 heavy (non-hydrogen) atoms. The number of Topliss-reactive ketones (excluding diaryl/α,β-unsaturated/α-hetero) is 1. The Morgan fingerprint density at radius 1 is 1.36 bits per heavy atom. The molecular weight excluding hydrogens is 178 g/mol. The first-order chi connectivity index (χ1) is 6.72. The average Bonchev–Trinajstić information content (AvgIpc) is 2.95. The van der Waals surface area contributed by atoms with E-state index in [2.05, 4.69) is 5.32 Å². The molecule has 0 radical (unpaired) electrons. The second-order valence-corrected chi connectivity index (χ2v) is 3.53. The summed E-state index contributed by atoms with van der Waals surface area (Å²) >= 11 is 0. The summed E-state index contributed by atoms with van der Waals surface area (Å²) in [4.78, 5) is 11.7. The lowest BCUT2D eigenvalue weighted by atomic mass is 10.1. The van der Waals surface area contributed by atoms with Crippen molar-refractivity contribution in [3.63, 3.8) is 0 Å². The maximum absolute atomic E-state index is 11.7.